The molecule has 0 bridgehead atoms. The first kappa shape index (κ1) is 16.4. The van der Waals surface area contributed by atoms with Gasteiger partial charge in [0.2, 0.25) is 0 Å². The Morgan fingerprint density at radius 3 is 2.54 bits per heavy atom. The Labute approximate surface area is 160 Å². The molecule has 1 unspecified atom stereocenters. The van der Waals surface area contributed by atoms with Crippen LogP contribution in [0.2, 0.25) is 0 Å². The van der Waals surface area contributed by atoms with E-state index in [4.69, 9.17) is 0 Å². The number of hydrogen-bond acceptors (Lipinski definition) is 4. The second kappa shape index (κ2) is 6.13. The summed E-state index contributed by atoms with van der Waals surface area (Å²) >= 11 is 0. The van der Waals surface area contributed by atoms with Gasteiger partial charge in [-0.05, 0) is 42.3 Å². The number of pyridine rings is 1. The summed E-state index contributed by atoms with van der Waals surface area (Å²) in [7, 11) is 0. The Morgan fingerprint density at radius 1 is 0.929 bits per heavy atom. The smallest absolute Gasteiger partial charge is 0.251 e. The first-order valence-electron chi connectivity index (χ1n) is 9.02. The highest BCUT2D eigenvalue weighted by Gasteiger charge is 2.27. The van der Waals surface area contributed by atoms with Gasteiger partial charge in [-0.15, -0.1) is 10.2 Å². The van der Waals surface area contributed by atoms with Crippen LogP contribution >= 0.6 is 0 Å². The van der Waals surface area contributed by atoms with Crippen LogP contribution in [0, 0.1) is 0 Å². The van der Waals surface area contributed by atoms with Crippen LogP contribution in [0.5, 0.6) is 0 Å². The molecule has 4 aromatic rings. The van der Waals surface area contributed by atoms with Crippen LogP contribution in [0.15, 0.2) is 66.9 Å². The minimum atomic E-state index is -0.342. The van der Waals surface area contributed by atoms with Crippen molar-refractivity contribution in [3.63, 3.8) is 0 Å². The van der Waals surface area contributed by atoms with Crippen LogP contribution in [0.25, 0.3) is 16.8 Å². The van der Waals surface area contributed by atoms with Gasteiger partial charge in [-0.1, -0.05) is 36.4 Å². The summed E-state index contributed by atoms with van der Waals surface area (Å²) in [5.74, 6) is 0.345. The van der Waals surface area contributed by atoms with E-state index < -0.39 is 0 Å². The molecule has 136 valence electrons. The zero-order chi connectivity index (χ0) is 19.3. The summed E-state index contributed by atoms with van der Waals surface area (Å²) in [4.78, 5) is 25.5. The van der Waals surface area contributed by atoms with E-state index in [1.807, 2.05) is 66.1 Å². The van der Waals surface area contributed by atoms with E-state index in [-0.39, 0.29) is 17.7 Å². The maximum Gasteiger partial charge on any atom is 0.251 e. The zero-order valence-corrected chi connectivity index (χ0v) is 15.1. The van der Waals surface area contributed by atoms with Gasteiger partial charge < -0.3 is 5.32 Å². The lowest BCUT2D eigenvalue weighted by Crippen LogP contribution is -2.28. The van der Waals surface area contributed by atoms with Crippen LogP contribution in [-0.4, -0.2) is 26.3 Å². The van der Waals surface area contributed by atoms with Crippen LogP contribution in [0.1, 0.15) is 45.1 Å². The van der Waals surface area contributed by atoms with E-state index in [0.717, 1.165) is 16.8 Å². The fourth-order valence-corrected chi connectivity index (χ4v) is 3.67. The predicted octanol–water partition coefficient (Wildman–Crippen LogP) is 3.43. The summed E-state index contributed by atoms with van der Waals surface area (Å²) in [6.45, 7) is 1.86. The fraction of sp³-hybridized carbons (Fsp3) is 0.0909. The Hall–Kier alpha value is -3.80. The minimum absolute atomic E-state index is 0.0447. The van der Waals surface area contributed by atoms with Crippen molar-refractivity contribution in [2.45, 2.75) is 13.0 Å². The number of carbonyl (C=O) groups excluding carboxylic acids is 2. The maximum absolute atomic E-state index is 12.8. The predicted molar refractivity (Wildman–Crippen MR) is 104 cm³/mol. The standard InChI is InChI=1S/C22H16N4O2/c1-13(21-25-24-19-8-4-5-11-26(19)21)23-22(28)14-9-10-16-15-6-2-3-7-17(15)20(27)18(16)12-14/h2-13H,1H3,(H,23,28). The van der Waals surface area contributed by atoms with Gasteiger partial charge in [-0.2, -0.15) is 0 Å². The monoisotopic (exact) mass is 368 g/mol. The molecule has 2 aromatic heterocycles. The number of fused-ring (bicyclic) bond motifs is 4. The summed E-state index contributed by atoms with van der Waals surface area (Å²) in [6.07, 6.45) is 1.86. The summed E-state index contributed by atoms with van der Waals surface area (Å²) in [6, 6.07) is 18.0. The number of benzene rings is 2. The van der Waals surface area contributed by atoms with Crippen LogP contribution in [0.3, 0.4) is 0 Å². The lowest BCUT2D eigenvalue weighted by molar-refractivity contribution is 0.0938. The van der Waals surface area contributed by atoms with Gasteiger partial charge in [0.15, 0.2) is 17.3 Å². The van der Waals surface area contributed by atoms with Gasteiger partial charge >= 0.3 is 0 Å². The molecule has 0 spiro atoms. The van der Waals surface area contributed by atoms with Gasteiger partial charge in [0, 0.05) is 22.9 Å². The number of ketones is 1. The molecule has 2 aromatic carbocycles. The van der Waals surface area contributed by atoms with Gasteiger partial charge in [0.1, 0.15) is 0 Å². The number of hydrogen-bond donors (Lipinski definition) is 1. The van der Waals surface area contributed by atoms with Crippen molar-refractivity contribution >= 4 is 17.3 Å². The van der Waals surface area contributed by atoms with Crippen molar-refractivity contribution in [3.05, 3.63) is 89.4 Å². The van der Waals surface area contributed by atoms with E-state index in [0.29, 0.717) is 22.5 Å². The van der Waals surface area contributed by atoms with Gasteiger partial charge in [-0.3, -0.25) is 14.0 Å². The zero-order valence-electron chi connectivity index (χ0n) is 15.1. The first-order chi connectivity index (χ1) is 13.6. The molecule has 0 saturated heterocycles. The number of rotatable bonds is 3. The Morgan fingerprint density at radius 2 is 1.68 bits per heavy atom. The largest absolute Gasteiger partial charge is 0.342 e. The highest BCUT2D eigenvalue weighted by Crippen LogP contribution is 2.36. The van der Waals surface area contributed by atoms with Crippen molar-refractivity contribution < 1.29 is 9.59 Å². The molecular weight excluding hydrogens is 352 g/mol. The third kappa shape index (κ3) is 2.42. The van der Waals surface area contributed by atoms with Gasteiger partial charge in [0.25, 0.3) is 5.91 Å². The van der Waals surface area contributed by atoms with Crippen LogP contribution in [-0.2, 0) is 0 Å². The van der Waals surface area contributed by atoms with E-state index in [1.165, 1.54) is 0 Å². The van der Waals surface area contributed by atoms with E-state index in [9.17, 15) is 9.59 Å². The van der Waals surface area contributed by atoms with Gasteiger partial charge in [0.05, 0.1) is 6.04 Å². The topological polar surface area (TPSA) is 76.4 Å². The second-order valence-corrected chi connectivity index (χ2v) is 6.82. The van der Waals surface area contributed by atoms with E-state index >= 15 is 0 Å². The number of aromatic nitrogens is 3. The van der Waals surface area contributed by atoms with Gasteiger partial charge in [-0.25, -0.2) is 0 Å². The highest BCUT2D eigenvalue weighted by molar-refractivity contribution is 6.22. The van der Waals surface area contributed by atoms with Crippen molar-refractivity contribution in [1.29, 1.82) is 0 Å². The van der Waals surface area contributed by atoms with Crippen molar-refractivity contribution in [2.24, 2.45) is 0 Å². The summed E-state index contributed by atoms with van der Waals surface area (Å²) in [5, 5.41) is 11.2. The molecule has 0 saturated carbocycles. The van der Waals surface area contributed by atoms with E-state index in [1.54, 1.807) is 12.1 Å². The van der Waals surface area contributed by atoms with Crippen LogP contribution in [0.4, 0.5) is 0 Å². The van der Waals surface area contributed by atoms with Crippen molar-refractivity contribution in [1.82, 2.24) is 19.9 Å². The number of amides is 1. The molecule has 6 nitrogen and oxygen atoms in total. The molecule has 1 amide bonds. The normalized spacial score (nSPS) is 13.2. The van der Waals surface area contributed by atoms with Crippen molar-refractivity contribution in [2.75, 3.05) is 0 Å². The molecule has 0 fully saturated rings. The third-order valence-electron chi connectivity index (χ3n) is 5.06. The average Bonchev–Trinajstić information content (AvgIpc) is 3.28. The minimum Gasteiger partial charge on any atom is -0.342 e. The molecule has 0 aliphatic heterocycles. The lowest BCUT2D eigenvalue weighted by atomic mass is 10.0. The molecule has 6 heteroatoms. The SMILES string of the molecule is CC(NC(=O)c1ccc2c(c1)C(=O)c1ccccc1-2)c1nnc2ccccn12. The molecule has 0 radical (unpaired) electrons. The average molecular weight is 368 g/mol. The fourth-order valence-electron chi connectivity index (χ4n) is 3.67. The van der Waals surface area contributed by atoms with E-state index in [2.05, 4.69) is 15.5 Å². The maximum atomic E-state index is 12.8. The molecule has 2 heterocycles. The molecule has 1 atom stereocenters. The molecule has 1 aliphatic carbocycles. The Balaban J connectivity index is 1.43. The first-order valence-corrected chi connectivity index (χ1v) is 9.02. The molecule has 1 aliphatic rings. The molecule has 28 heavy (non-hydrogen) atoms. The van der Waals surface area contributed by atoms with Crippen molar-refractivity contribution in [3.8, 4) is 11.1 Å². The highest BCUT2D eigenvalue weighted by atomic mass is 16.1. The Kier molecular flexibility index (Phi) is 3.58. The number of carbonyl (C=O) groups is 2. The Bertz CT molecular complexity index is 1260. The quantitative estimate of drug-likeness (QED) is 0.529. The number of nitrogens with one attached hydrogen (secondary N) is 1. The van der Waals surface area contributed by atoms with Crippen LogP contribution < -0.4 is 5.32 Å². The lowest BCUT2D eigenvalue weighted by Gasteiger charge is -2.13. The molecular formula is C22H16N4O2. The second-order valence-electron chi connectivity index (χ2n) is 6.82. The molecule has 1 N–H and O–H groups in total. The summed E-state index contributed by atoms with van der Waals surface area (Å²) < 4.78 is 1.84. The summed E-state index contributed by atoms with van der Waals surface area (Å²) in [5.41, 5.74) is 4.19. The number of nitrogens with zero attached hydrogens (tertiary/aromatic N) is 3. The third-order valence-corrected chi connectivity index (χ3v) is 5.06. The molecule has 5 rings (SSSR count).